The van der Waals surface area contributed by atoms with E-state index in [9.17, 15) is 38.4 Å². The molecule has 8 fully saturated rings. The largest absolute Gasteiger partial charge is 0.446 e. The third kappa shape index (κ3) is 56.9. The van der Waals surface area contributed by atoms with Gasteiger partial charge in [-0.2, -0.15) is 23.5 Å². The molecule has 113 heavy (non-hydrogen) atoms. The van der Waals surface area contributed by atoms with E-state index in [1.807, 2.05) is 41.5 Å². The molecule has 0 N–H and O–H groups in total. The van der Waals surface area contributed by atoms with Gasteiger partial charge >= 0.3 is 47.8 Å². The third-order valence-electron chi connectivity index (χ3n) is 15.9. The molecular weight excluding hydrogens is 1570 g/mol. The summed E-state index contributed by atoms with van der Waals surface area (Å²) in [6.45, 7) is 55.7. The zero-order valence-corrected chi connectivity index (χ0v) is 72.9. The zero-order chi connectivity index (χ0) is 84.5. The Kier molecular flexibility index (Phi) is 61.0. The summed E-state index contributed by atoms with van der Waals surface area (Å²) in [5.41, 5.74) is 1.06. The number of carbonyl (C=O) groups is 8. The van der Waals surface area contributed by atoms with Crippen molar-refractivity contribution >= 4 is 107 Å². The molecule has 16 unspecified atom stereocenters. The number of carbonyl (C=O) groups excluding carboxylic acids is 8. The van der Waals surface area contributed by atoms with Crippen molar-refractivity contribution in [2.75, 3.05) is 101 Å². The van der Waals surface area contributed by atoms with Crippen LogP contribution in [-0.2, 0) is 128 Å². The lowest BCUT2D eigenvalue weighted by Crippen LogP contribution is -2.31. The maximum Gasteiger partial charge on any atom is 0.335 e. The van der Waals surface area contributed by atoms with Gasteiger partial charge < -0.3 is 90.0 Å². The van der Waals surface area contributed by atoms with E-state index in [1.54, 1.807) is 86.5 Å². The fourth-order valence-electron chi connectivity index (χ4n) is 9.15. The van der Waals surface area contributed by atoms with Gasteiger partial charge in [-0.3, -0.25) is 0 Å². The first-order chi connectivity index (χ1) is 53.7. The smallest absolute Gasteiger partial charge is 0.335 e. The zero-order valence-electron chi connectivity index (χ0n) is 68.8. The molecule has 8 saturated heterocycles. The van der Waals surface area contributed by atoms with Gasteiger partial charge in [-0.05, 0) is 170 Å². The van der Waals surface area contributed by atoms with Gasteiger partial charge in [0.05, 0.1) is 101 Å². The molecular formula is C81H130O27S5. The van der Waals surface area contributed by atoms with Crippen LogP contribution in [-0.4, -0.2) is 244 Å². The summed E-state index contributed by atoms with van der Waals surface area (Å²) in [4.78, 5) is 88.5. The molecule has 27 nitrogen and oxygen atoms in total. The molecule has 0 radical (unpaired) electrons. The molecule has 0 spiro atoms. The van der Waals surface area contributed by atoms with E-state index < -0.39 is 55.3 Å². The van der Waals surface area contributed by atoms with Crippen LogP contribution in [0.1, 0.15) is 167 Å². The maximum absolute atomic E-state index is 11.3. The van der Waals surface area contributed by atoms with Crippen molar-refractivity contribution in [2.24, 2.45) is 0 Å². The fraction of sp³-hybridized carbons (Fsp3) is 0.704. The summed E-state index contributed by atoms with van der Waals surface area (Å²) in [6.07, 6.45) is 16.6. The standard InChI is InChI=1S/C11H18O4.2C11H18O3S.C10H16O4.2C10H16O3S.C9H14O4.C9H14O3S/c1-8(2)11(12)15-10-7-14-9(3)5-4-6-13-10;1-8(2)11(12)14-10-7-13-9(3)5-4-6-15-10;1-8(2)11(12)14-10-7-15-9(3)5-4-6-13-10;1-7(2)10(11)14-9-6-13-8(3)4-5-12-9;1-3-9(11)13-10-7-12-8(2)5-4-6-14-10;1-3-9(11)13-10-7-14-8(2)5-4-6-12-10;1-3-8(10)13-9-6-12-7(2)4-5-11-9;1-3-8(10)12-9-6-11-7(2)4-5-13-9/h3*9-10H,1,4-7H2,2-3H3;8-9H,1,4-6H2,2-3H3;2*3,8,10H,1,4-7H2,2H3;2*3,7,9H,1,4-6H2,2H3. The molecule has 8 aliphatic heterocycles. The molecule has 32 heteroatoms. The first-order valence-corrected chi connectivity index (χ1v) is 43.6. The predicted molar refractivity (Wildman–Crippen MR) is 443 cm³/mol. The van der Waals surface area contributed by atoms with Crippen LogP contribution in [0.15, 0.2) is 99.2 Å². The Balaban J connectivity index is 0.000000646. The third-order valence-corrected chi connectivity index (χ3v) is 21.8. The highest BCUT2D eigenvalue weighted by Gasteiger charge is 2.27. The Morgan fingerprint density at radius 1 is 0.283 bits per heavy atom. The van der Waals surface area contributed by atoms with Gasteiger partial charge in [0.25, 0.3) is 0 Å². The lowest BCUT2D eigenvalue weighted by molar-refractivity contribution is -0.197. The van der Waals surface area contributed by atoms with E-state index in [1.165, 1.54) is 12.2 Å². The summed E-state index contributed by atoms with van der Waals surface area (Å²) >= 11 is 8.44. The molecule has 16 atom stereocenters. The Labute approximate surface area is 692 Å². The summed E-state index contributed by atoms with van der Waals surface area (Å²) in [5, 5.41) is 1.23. The van der Waals surface area contributed by atoms with Crippen LogP contribution in [0.3, 0.4) is 0 Å². The van der Waals surface area contributed by atoms with Gasteiger partial charge in [0.2, 0.25) is 31.5 Å². The molecule has 8 heterocycles. The Morgan fingerprint density at radius 3 is 0.929 bits per heavy atom. The van der Waals surface area contributed by atoms with Crippen molar-refractivity contribution in [1.29, 1.82) is 0 Å². The van der Waals surface area contributed by atoms with E-state index in [-0.39, 0.29) is 76.8 Å². The number of ether oxygens (including phenoxy) is 19. The topological polar surface area (TPSA) is 312 Å². The normalized spacial score (nSPS) is 28.2. The second kappa shape index (κ2) is 65.0. The lowest BCUT2D eigenvalue weighted by Gasteiger charge is -2.24. The summed E-state index contributed by atoms with van der Waals surface area (Å²) < 4.78 is 99.8. The SMILES string of the molecule is C=C(C)C(=O)OC1COC(C)CCCO1.C=C(C)C(=O)OC1COC(C)CCCS1.C=C(C)C(=O)OC1COC(C)CCO1.C=C(C)C(=O)OC1CSC(C)CCCO1.C=CC(=O)OC1COC(C)CCCS1.C=CC(=O)OC1COC(C)CCO1.C=CC(=O)OC1COC(C)CCS1.C=CC(=O)OC1CSC(C)CCCO1. The highest BCUT2D eigenvalue weighted by molar-refractivity contribution is 8.00. The molecule has 0 aromatic carbocycles. The molecule has 0 aromatic heterocycles. The number of thioether (sulfide) groups is 5. The van der Waals surface area contributed by atoms with Gasteiger partial charge in [-0.25, -0.2) is 38.4 Å². The van der Waals surface area contributed by atoms with Crippen LogP contribution >= 0.6 is 58.8 Å². The van der Waals surface area contributed by atoms with Gasteiger partial charge in [0.1, 0.15) is 19.8 Å². The van der Waals surface area contributed by atoms with Crippen molar-refractivity contribution in [2.45, 2.75) is 261 Å². The fourth-order valence-corrected chi connectivity index (χ4v) is 14.0. The second-order valence-corrected chi connectivity index (χ2v) is 33.7. The lowest BCUT2D eigenvalue weighted by atomic mass is 10.2. The van der Waals surface area contributed by atoms with Crippen LogP contribution < -0.4 is 0 Å². The molecule has 0 amide bonds. The van der Waals surface area contributed by atoms with E-state index in [0.29, 0.717) is 117 Å². The number of hydrogen-bond acceptors (Lipinski definition) is 32. The Hall–Kier alpha value is -5.01. The molecule has 8 rings (SSSR count). The van der Waals surface area contributed by atoms with E-state index in [2.05, 4.69) is 66.5 Å². The summed E-state index contributed by atoms with van der Waals surface area (Å²) in [6, 6.07) is 0. The molecule has 0 aromatic rings. The Morgan fingerprint density at radius 2 is 0.549 bits per heavy atom. The molecule has 0 bridgehead atoms. The van der Waals surface area contributed by atoms with Gasteiger partial charge in [-0.1, -0.05) is 66.5 Å². The molecule has 8 aliphatic rings. The first kappa shape index (κ1) is 106. The van der Waals surface area contributed by atoms with E-state index in [0.717, 1.165) is 113 Å². The summed E-state index contributed by atoms with van der Waals surface area (Å²) in [5.74, 6) is 1.20. The highest BCUT2D eigenvalue weighted by Crippen LogP contribution is 2.26. The average molecular weight is 1700 g/mol. The predicted octanol–water partition coefficient (Wildman–Crippen LogP) is 14.0. The molecule has 646 valence electrons. The molecule has 0 saturated carbocycles. The van der Waals surface area contributed by atoms with E-state index >= 15 is 0 Å². The van der Waals surface area contributed by atoms with Gasteiger partial charge in [0, 0.05) is 57.1 Å². The first-order valence-electron chi connectivity index (χ1n) is 38.4. The Bertz CT molecular complexity index is 2640. The van der Waals surface area contributed by atoms with Crippen LogP contribution in [0.2, 0.25) is 0 Å². The number of esters is 8. The summed E-state index contributed by atoms with van der Waals surface area (Å²) in [7, 11) is 0. The van der Waals surface area contributed by atoms with Crippen molar-refractivity contribution in [1.82, 2.24) is 0 Å². The van der Waals surface area contributed by atoms with Crippen molar-refractivity contribution < 1.29 is 128 Å². The van der Waals surface area contributed by atoms with Crippen LogP contribution in [0.25, 0.3) is 0 Å². The van der Waals surface area contributed by atoms with Crippen LogP contribution in [0.4, 0.5) is 0 Å². The van der Waals surface area contributed by atoms with Crippen LogP contribution in [0.5, 0.6) is 0 Å². The second-order valence-electron chi connectivity index (χ2n) is 26.9. The minimum atomic E-state index is -0.600. The number of rotatable bonds is 16. The maximum atomic E-state index is 11.3. The minimum Gasteiger partial charge on any atom is -0.446 e. The monoisotopic (exact) mass is 1690 g/mol. The van der Waals surface area contributed by atoms with Gasteiger partial charge in [-0.15, -0.1) is 35.3 Å². The molecule has 0 aliphatic carbocycles. The van der Waals surface area contributed by atoms with Gasteiger partial charge in [0.15, 0.2) is 16.3 Å². The van der Waals surface area contributed by atoms with Crippen molar-refractivity contribution in [3.63, 3.8) is 0 Å². The number of hydrogen-bond donors (Lipinski definition) is 0. The van der Waals surface area contributed by atoms with E-state index in [4.69, 9.17) is 90.0 Å². The quantitative estimate of drug-likeness (QED) is 0.0787. The average Bonchev–Trinajstić information content (AvgIpc) is 1.78. The minimum absolute atomic E-state index is 0.156. The van der Waals surface area contributed by atoms with Crippen molar-refractivity contribution in [3.05, 3.63) is 99.2 Å². The van der Waals surface area contributed by atoms with Crippen molar-refractivity contribution in [3.8, 4) is 0 Å². The van der Waals surface area contributed by atoms with Crippen LogP contribution in [0, 0.1) is 0 Å². The highest BCUT2D eigenvalue weighted by atomic mass is 32.2.